The van der Waals surface area contributed by atoms with Gasteiger partial charge in [0.05, 0.1) is 32.9 Å². The minimum atomic E-state index is -0.635. The number of aryl methyl sites for hydroxylation is 4. The van der Waals surface area contributed by atoms with E-state index in [2.05, 4.69) is 159 Å². The van der Waals surface area contributed by atoms with Crippen molar-refractivity contribution in [2.75, 3.05) is 59.6 Å². The van der Waals surface area contributed by atoms with Crippen LogP contribution in [0.3, 0.4) is 0 Å². The van der Waals surface area contributed by atoms with Gasteiger partial charge in [-0.2, -0.15) is 0 Å². The normalized spacial score (nSPS) is 20.4. The second-order valence-electron chi connectivity index (χ2n) is 43.3. The average molecular weight is 1970 g/mol. The number of fused-ring (bicyclic) bond motifs is 3. The van der Waals surface area contributed by atoms with Gasteiger partial charge in [-0.05, 0) is 219 Å². The van der Waals surface area contributed by atoms with Crippen molar-refractivity contribution in [1.29, 1.82) is 0 Å². The second kappa shape index (κ2) is 50.1. The molecule has 3 aliphatic carbocycles. The molecule has 6 aromatic heterocycles. The average Bonchev–Trinajstić information content (AvgIpc) is 1.59. The molecular weight excluding hydrogens is 1810 g/mol. The van der Waals surface area contributed by atoms with E-state index in [1.54, 1.807) is 43.6 Å². The summed E-state index contributed by atoms with van der Waals surface area (Å²) in [4.78, 5) is 112. The summed E-state index contributed by atoms with van der Waals surface area (Å²) >= 11 is 6.42. The predicted molar refractivity (Wildman–Crippen MR) is 550 cm³/mol. The number of aliphatic hydroxyl groups is 3. The number of esters is 3. The van der Waals surface area contributed by atoms with Crippen LogP contribution in [0, 0.1) is 117 Å². The number of hydrogen-bond acceptors (Lipinski definition) is 19. The van der Waals surface area contributed by atoms with E-state index < -0.39 is 36.2 Å². The Bertz CT molecular complexity index is 5780. The maximum atomic E-state index is 14.4. The van der Waals surface area contributed by atoms with Crippen molar-refractivity contribution < 1.29 is 82.7 Å². The standard InChI is InChI=1S/C36H49N5O5.C34H44ClN5O4.C28H33N5O4.2C3H8O.C3H8.CH4O.H2O/c1-20-16-25(35(5,6)7)29(26(17-20)36(8,9)10)45-33(42)27-28(37-11)32(46-34(43)40-12-14-44-15-13-40)41-31(27)38-30(39-41)24-18-21(2)23(4)22(3)19-24;1-20-15-16-21(19-24(20)35)28-37-29-25(26(36-8)30(40(29)38-28)44-32(42)39-17-10-9-11-18-39)31(41)43-27-22(33(2,3)4)13-12-14-23(27)34(5,6)7;1-17-11-13-20(14-12-17)24-30-25-21(27(34)36-23-18(2)9-8-10-19(23)3)22(29-4)26(33(25)31-24)37-28(35)32-15-6-5-7-16-32;2*1-3(2)4;1-3-2;1-2;/h18-20,25-26,29H,12-17H2,1-10H3,(H,38,39);15-16,19,22-23,27H,9-14,17-18H2,1-7H3,(H,37,38);11-14,18-19,23H,5-10,15-16H2,1-3H3,(H,30,31);2*3-4H,1-2H3;3H2,1-2H3;2H,1H3;1H2. The third-order valence-electron chi connectivity index (χ3n) is 27.1. The van der Waals surface area contributed by atoms with Crippen LogP contribution < -0.4 is 14.2 Å². The van der Waals surface area contributed by atoms with Crippen molar-refractivity contribution in [3.05, 3.63) is 138 Å². The molecule has 0 radical (unpaired) electrons. The Morgan fingerprint density at radius 1 is 0.454 bits per heavy atom. The van der Waals surface area contributed by atoms with E-state index in [1.807, 2.05) is 76.2 Å². The first-order valence-corrected chi connectivity index (χ1v) is 50.2. The third kappa shape index (κ3) is 28.4. The number of carbonyl (C=O) groups is 6. The monoisotopic (exact) mass is 1970 g/mol. The molecule has 6 fully saturated rings. The zero-order valence-electron chi connectivity index (χ0n) is 88.3. The third-order valence-corrected chi connectivity index (χ3v) is 27.5. The maximum Gasteiger partial charge on any atom is 0.415 e. The minimum Gasteiger partial charge on any atom is -0.459 e. The molecule has 3 amide bonds. The first kappa shape index (κ1) is 115. The molecule has 3 saturated heterocycles. The molecule has 0 spiro atoms. The van der Waals surface area contributed by atoms with Gasteiger partial charge in [0, 0.05) is 104 Å². The van der Waals surface area contributed by atoms with Crippen LogP contribution in [0.1, 0.15) is 301 Å². The van der Waals surface area contributed by atoms with Gasteiger partial charge < -0.3 is 68.7 Å². The summed E-state index contributed by atoms with van der Waals surface area (Å²) in [5.74, 6) is 0.779. The lowest BCUT2D eigenvalue weighted by Gasteiger charge is -2.50. The number of benzene rings is 3. The highest BCUT2D eigenvalue weighted by atomic mass is 35.5. The number of H-pyrrole nitrogens is 3. The number of carbonyl (C=O) groups excluding carboxylic acids is 6. The smallest absolute Gasteiger partial charge is 0.415 e. The molecule has 3 aliphatic heterocycles. The minimum absolute atomic E-state index is 0. The number of amides is 3. The quantitative estimate of drug-likeness (QED) is 0.0376. The van der Waals surface area contributed by atoms with E-state index in [4.69, 9.17) is 89.8 Å². The summed E-state index contributed by atoms with van der Waals surface area (Å²) < 4.78 is 46.3. The topological polar surface area (TPSA) is 381 Å². The highest BCUT2D eigenvalue weighted by molar-refractivity contribution is 6.31. The summed E-state index contributed by atoms with van der Waals surface area (Å²) in [6.07, 6.45) is 11.9. The first-order valence-electron chi connectivity index (χ1n) is 49.9. The van der Waals surface area contributed by atoms with Crippen LogP contribution >= 0.6 is 11.6 Å². The predicted octanol–water partition coefficient (Wildman–Crippen LogP) is 23.9. The van der Waals surface area contributed by atoms with E-state index in [9.17, 15) is 28.8 Å². The van der Waals surface area contributed by atoms with Crippen LogP contribution in [0.2, 0.25) is 5.02 Å². The zero-order chi connectivity index (χ0) is 104. The second-order valence-corrected chi connectivity index (χ2v) is 43.7. The van der Waals surface area contributed by atoms with E-state index >= 15 is 0 Å². The Labute approximate surface area is 838 Å². The number of likely N-dealkylation sites (tertiary alicyclic amines) is 2. The number of aliphatic hydroxyl groups excluding tert-OH is 3. The van der Waals surface area contributed by atoms with E-state index in [-0.39, 0.29) is 161 Å². The van der Waals surface area contributed by atoms with Gasteiger partial charge >= 0.3 is 36.2 Å². The van der Waals surface area contributed by atoms with Crippen LogP contribution in [0.15, 0.2) is 54.6 Å². The van der Waals surface area contributed by atoms with Crippen molar-refractivity contribution >= 4 is 81.8 Å². The molecule has 3 aromatic carbocycles. The van der Waals surface area contributed by atoms with Crippen LogP contribution in [0.5, 0.6) is 17.6 Å². The summed E-state index contributed by atoms with van der Waals surface area (Å²) in [6, 6.07) is 17.4. The Hall–Kier alpha value is -11.3. The molecule has 6 atom stereocenters. The van der Waals surface area contributed by atoms with Gasteiger partial charge in [-0.15, -0.1) is 0 Å². The summed E-state index contributed by atoms with van der Waals surface area (Å²) in [5.41, 5.74) is 7.65. The van der Waals surface area contributed by atoms with E-state index in [1.165, 1.54) is 30.4 Å². The highest BCUT2D eigenvalue weighted by Crippen LogP contribution is 2.53. The summed E-state index contributed by atoms with van der Waals surface area (Å²) in [7, 11) is 1.00. The van der Waals surface area contributed by atoms with Crippen molar-refractivity contribution in [3.63, 3.8) is 0 Å². The van der Waals surface area contributed by atoms with Gasteiger partial charge in [0.1, 0.15) is 35.0 Å². The van der Waals surface area contributed by atoms with Gasteiger partial charge in [0.25, 0.3) is 17.1 Å². The lowest BCUT2D eigenvalue weighted by Crippen LogP contribution is -2.49. The number of piperidine rings is 2. The number of halogens is 1. The number of aromatic nitrogens is 9. The van der Waals surface area contributed by atoms with Crippen LogP contribution in [-0.2, 0) is 18.9 Å². The Morgan fingerprint density at radius 3 is 1.11 bits per heavy atom. The van der Waals surface area contributed by atoms with Crippen molar-refractivity contribution in [2.24, 2.45) is 63.1 Å². The zero-order valence-corrected chi connectivity index (χ0v) is 89.0. The van der Waals surface area contributed by atoms with Crippen molar-refractivity contribution in [2.45, 2.75) is 307 Å². The van der Waals surface area contributed by atoms with Crippen LogP contribution in [0.4, 0.5) is 31.4 Å². The van der Waals surface area contributed by atoms with Gasteiger partial charge in [0.2, 0.25) is 17.6 Å². The molecule has 6 unspecified atom stereocenters. The molecule has 8 N–H and O–H groups in total. The van der Waals surface area contributed by atoms with E-state index in [0.717, 1.165) is 130 Å². The number of aromatic amines is 3. The lowest BCUT2D eigenvalue weighted by molar-refractivity contribution is -0.0922. The maximum absolute atomic E-state index is 14.4. The van der Waals surface area contributed by atoms with Crippen LogP contribution in [-0.4, -0.2) is 206 Å². The molecule has 32 nitrogen and oxygen atoms in total. The van der Waals surface area contributed by atoms with Crippen LogP contribution in [0.25, 0.3) is 65.6 Å². The van der Waals surface area contributed by atoms with Gasteiger partial charge in [0.15, 0.2) is 34.4 Å². The molecule has 772 valence electrons. The fraction of sp³-hybridized carbons (Fsp3) is 0.611. The van der Waals surface area contributed by atoms with Gasteiger partial charge in [-0.25, -0.2) is 71.8 Å². The van der Waals surface area contributed by atoms with Gasteiger partial charge in [-0.1, -0.05) is 191 Å². The number of morpholine rings is 1. The summed E-state index contributed by atoms with van der Waals surface area (Å²) in [6.45, 7) is 82.0. The highest BCUT2D eigenvalue weighted by Gasteiger charge is 2.51. The SMILES string of the molecule is CC(C)O.CC(C)O.CCC.CO.O.[C-]#[N+]c1c(C(=O)OC2C(C(C)(C)C)CC(C)CC2C(C)(C)C)c2nc(-c3cc(C)c(C)c(C)c3)[nH]n2c1OC(=O)N1CCOCC1.[C-]#[N+]c1c(C(=O)OC2C(C(C)(C)C)CCCC2C(C)(C)C)c2nc(-c3ccc(C)c(Cl)c3)[nH]n2c1OC(=O)N1CCCCC1.[C-]#[N+]c1c(C(=O)OC2C(C)CCCC2C)c2nc(-c3ccc(C)cc3)[nH]n2c1OC(=O)N1CCCCC1. The largest absolute Gasteiger partial charge is 0.459 e. The molecule has 33 heteroatoms. The summed E-state index contributed by atoms with van der Waals surface area (Å²) in [5, 5.41) is 33.2. The molecule has 141 heavy (non-hydrogen) atoms. The van der Waals surface area contributed by atoms with Crippen molar-refractivity contribution in [1.82, 2.24) is 58.5 Å². The fourth-order valence-corrected chi connectivity index (χ4v) is 19.6. The molecule has 9 heterocycles. The number of rotatable bonds is 12. The Balaban J connectivity index is 0.000000244. The van der Waals surface area contributed by atoms with E-state index in [0.29, 0.717) is 86.5 Å². The lowest BCUT2D eigenvalue weighted by atomic mass is 9.59. The van der Waals surface area contributed by atoms with Crippen molar-refractivity contribution in [3.8, 4) is 51.8 Å². The molecule has 0 bridgehead atoms. The van der Waals surface area contributed by atoms with Gasteiger partial charge in [-0.3, -0.25) is 15.3 Å². The number of ether oxygens (including phenoxy) is 7. The number of hydrogen-bond donors (Lipinski definition) is 6. The molecule has 9 aromatic rings. The first-order chi connectivity index (χ1) is 66.0. The fourth-order valence-electron chi connectivity index (χ4n) is 19.4. The molecular formula is C108H156ClN15O17. The molecule has 15 rings (SSSR count). The Morgan fingerprint density at radius 2 is 0.766 bits per heavy atom. The number of nitrogens with one attached hydrogen (secondary N) is 3. The molecule has 3 saturated carbocycles. The Kier molecular flexibility index (Phi) is 40.8. The molecule has 6 aliphatic rings. The number of nitrogens with zero attached hydrogens (tertiary/aromatic N) is 12.